The third-order valence-corrected chi connectivity index (χ3v) is 4.93. The van der Waals surface area contributed by atoms with Crippen molar-refractivity contribution < 1.29 is 9.53 Å². The van der Waals surface area contributed by atoms with E-state index in [4.69, 9.17) is 4.74 Å². The Morgan fingerprint density at radius 2 is 2.00 bits per heavy atom. The number of guanidine groups is 1. The van der Waals surface area contributed by atoms with E-state index in [1.165, 1.54) is 11.1 Å². The number of nitrogens with one attached hydrogen (secondary N) is 2. The topological polar surface area (TPSA) is 66.0 Å². The monoisotopic (exact) mass is 502 g/mol. The molecule has 1 atom stereocenters. The van der Waals surface area contributed by atoms with Crippen LogP contribution in [0.2, 0.25) is 0 Å². The van der Waals surface area contributed by atoms with Crippen LogP contribution in [0.5, 0.6) is 0 Å². The zero-order valence-corrected chi connectivity index (χ0v) is 20.1. The first-order valence-electron chi connectivity index (χ1n) is 9.66. The van der Waals surface area contributed by atoms with Gasteiger partial charge in [0.2, 0.25) is 5.91 Å². The number of rotatable bonds is 7. The normalized spacial score (nSPS) is 16.0. The lowest BCUT2D eigenvalue weighted by Gasteiger charge is -2.30. The molecule has 158 valence electrons. The van der Waals surface area contributed by atoms with Crippen molar-refractivity contribution in [3.63, 3.8) is 0 Å². The van der Waals surface area contributed by atoms with Gasteiger partial charge in [0.1, 0.15) is 0 Å². The smallest absolute Gasteiger partial charge is 0.222 e. The summed E-state index contributed by atoms with van der Waals surface area (Å²) < 4.78 is 5.58. The minimum absolute atomic E-state index is 0. The average Bonchev–Trinajstić information content (AvgIpc) is 3.02. The van der Waals surface area contributed by atoms with Gasteiger partial charge in [-0.2, -0.15) is 0 Å². The molecule has 1 unspecified atom stereocenters. The van der Waals surface area contributed by atoms with Gasteiger partial charge in [-0.15, -0.1) is 24.0 Å². The number of aliphatic imine (C=N–C) groups is 1. The van der Waals surface area contributed by atoms with Gasteiger partial charge >= 0.3 is 0 Å². The second kappa shape index (κ2) is 11.6. The summed E-state index contributed by atoms with van der Waals surface area (Å²) >= 11 is 0. The highest BCUT2D eigenvalue weighted by Crippen LogP contribution is 2.21. The fourth-order valence-electron chi connectivity index (χ4n) is 3.27. The first-order chi connectivity index (χ1) is 12.8. The van der Waals surface area contributed by atoms with Crippen molar-refractivity contribution >= 4 is 35.8 Å². The number of halogens is 1. The van der Waals surface area contributed by atoms with E-state index in [9.17, 15) is 4.79 Å². The first kappa shape index (κ1) is 24.7. The van der Waals surface area contributed by atoms with Crippen LogP contribution in [-0.2, 0) is 22.6 Å². The molecule has 1 saturated heterocycles. The van der Waals surface area contributed by atoms with E-state index in [1.54, 1.807) is 14.2 Å². The van der Waals surface area contributed by atoms with E-state index in [2.05, 4.69) is 54.6 Å². The standard InChI is InChI=1S/C21H34N4O2.HI/c1-21(2,3)18(27-5)14-24-20(22-4)23-13-16-8-6-9-17(12-16)15-25-11-7-10-19(25)26;/h6,8-9,12,18H,7,10-11,13-15H2,1-5H3,(H2,22,23,24);1H. The number of nitrogens with zero attached hydrogens (tertiary/aromatic N) is 2. The van der Waals surface area contributed by atoms with Gasteiger partial charge in [-0.1, -0.05) is 45.0 Å². The highest BCUT2D eigenvalue weighted by molar-refractivity contribution is 14.0. The number of hydrogen-bond acceptors (Lipinski definition) is 3. The minimum atomic E-state index is 0. The molecule has 1 heterocycles. The molecule has 6 nitrogen and oxygen atoms in total. The predicted octanol–water partition coefficient (Wildman–Crippen LogP) is 3.15. The van der Waals surface area contributed by atoms with Crippen LogP contribution in [0.15, 0.2) is 29.3 Å². The molecule has 1 aliphatic heterocycles. The molecule has 0 radical (unpaired) electrons. The number of methoxy groups -OCH3 is 1. The van der Waals surface area contributed by atoms with Gasteiger partial charge < -0.3 is 20.3 Å². The van der Waals surface area contributed by atoms with Gasteiger partial charge in [0.15, 0.2) is 5.96 Å². The lowest BCUT2D eigenvalue weighted by molar-refractivity contribution is -0.128. The van der Waals surface area contributed by atoms with Gasteiger partial charge in [-0.3, -0.25) is 9.79 Å². The lowest BCUT2D eigenvalue weighted by atomic mass is 9.89. The summed E-state index contributed by atoms with van der Waals surface area (Å²) in [6.45, 7) is 9.42. The largest absolute Gasteiger partial charge is 0.379 e. The zero-order valence-electron chi connectivity index (χ0n) is 17.7. The molecule has 0 aromatic heterocycles. The summed E-state index contributed by atoms with van der Waals surface area (Å²) in [5.41, 5.74) is 2.39. The molecule has 28 heavy (non-hydrogen) atoms. The van der Waals surface area contributed by atoms with E-state index in [-0.39, 0.29) is 41.4 Å². The fourth-order valence-corrected chi connectivity index (χ4v) is 3.27. The quantitative estimate of drug-likeness (QED) is 0.342. The number of amides is 1. The SMILES string of the molecule is CN=C(NCc1cccc(CN2CCCC2=O)c1)NCC(OC)C(C)(C)C.I. The van der Waals surface area contributed by atoms with Crippen LogP contribution < -0.4 is 10.6 Å². The molecular formula is C21H35IN4O2. The summed E-state index contributed by atoms with van der Waals surface area (Å²) in [5, 5.41) is 6.69. The Balaban J connectivity index is 0.00000392. The Hall–Kier alpha value is -1.35. The predicted molar refractivity (Wildman–Crippen MR) is 125 cm³/mol. The maximum Gasteiger partial charge on any atom is 0.222 e. The van der Waals surface area contributed by atoms with Crippen LogP contribution in [0.4, 0.5) is 0 Å². The molecule has 1 aromatic carbocycles. The molecule has 0 saturated carbocycles. The van der Waals surface area contributed by atoms with Crippen molar-refractivity contribution in [2.45, 2.75) is 52.8 Å². The van der Waals surface area contributed by atoms with Crippen molar-refractivity contribution in [1.82, 2.24) is 15.5 Å². The minimum Gasteiger partial charge on any atom is -0.379 e. The second-order valence-corrected chi connectivity index (χ2v) is 8.14. The van der Waals surface area contributed by atoms with E-state index in [1.807, 2.05) is 11.0 Å². The van der Waals surface area contributed by atoms with Gasteiger partial charge in [0, 0.05) is 46.8 Å². The van der Waals surface area contributed by atoms with E-state index < -0.39 is 0 Å². The molecule has 0 aliphatic carbocycles. The lowest BCUT2D eigenvalue weighted by Crippen LogP contribution is -2.45. The molecule has 1 fully saturated rings. The molecule has 1 aliphatic rings. The first-order valence-corrected chi connectivity index (χ1v) is 9.66. The molecule has 7 heteroatoms. The summed E-state index contributed by atoms with van der Waals surface area (Å²) in [6, 6.07) is 8.36. The number of hydrogen-bond donors (Lipinski definition) is 2. The van der Waals surface area contributed by atoms with Crippen LogP contribution in [-0.4, -0.2) is 50.1 Å². The van der Waals surface area contributed by atoms with Crippen LogP contribution in [0.25, 0.3) is 0 Å². The van der Waals surface area contributed by atoms with Gasteiger partial charge in [0.25, 0.3) is 0 Å². The number of carbonyl (C=O) groups excluding carboxylic acids is 1. The molecule has 0 bridgehead atoms. The fraction of sp³-hybridized carbons (Fsp3) is 0.619. The van der Waals surface area contributed by atoms with Crippen LogP contribution in [0.1, 0.15) is 44.7 Å². The Morgan fingerprint density at radius 3 is 2.57 bits per heavy atom. The maximum absolute atomic E-state index is 11.8. The van der Waals surface area contributed by atoms with Crippen LogP contribution in [0, 0.1) is 5.41 Å². The van der Waals surface area contributed by atoms with Crippen LogP contribution >= 0.6 is 24.0 Å². The van der Waals surface area contributed by atoms with Crippen molar-refractivity contribution in [3.05, 3.63) is 35.4 Å². The Bertz CT molecular complexity index is 658. The number of benzene rings is 1. The summed E-state index contributed by atoms with van der Waals surface area (Å²) in [5.74, 6) is 1.01. The highest BCUT2D eigenvalue weighted by atomic mass is 127. The molecule has 1 amide bonds. The Kier molecular flexibility index (Phi) is 10.2. The zero-order chi connectivity index (χ0) is 19.9. The molecular weight excluding hydrogens is 467 g/mol. The number of ether oxygens (including phenoxy) is 1. The molecule has 1 aromatic rings. The number of carbonyl (C=O) groups is 1. The van der Waals surface area contributed by atoms with E-state index in [0.29, 0.717) is 26.1 Å². The summed E-state index contributed by atoms with van der Waals surface area (Å²) in [7, 11) is 3.51. The van der Waals surface area contributed by atoms with Gasteiger partial charge in [-0.25, -0.2) is 0 Å². The highest BCUT2D eigenvalue weighted by Gasteiger charge is 2.24. The molecule has 2 N–H and O–H groups in total. The number of likely N-dealkylation sites (tertiary alicyclic amines) is 1. The van der Waals surface area contributed by atoms with E-state index in [0.717, 1.165) is 18.9 Å². The molecule has 2 rings (SSSR count). The molecule has 0 spiro atoms. The summed E-state index contributed by atoms with van der Waals surface area (Å²) in [4.78, 5) is 18.0. The van der Waals surface area contributed by atoms with Gasteiger partial charge in [0.05, 0.1) is 6.10 Å². The van der Waals surface area contributed by atoms with Gasteiger partial charge in [-0.05, 0) is 23.0 Å². The van der Waals surface area contributed by atoms with Crippen molar-refractivity contribution in [3.8, 4) is 0 Å². The maximum atomic E-state index is 11.8. The average molecular weight is 502 g/mol. The third-order valence-electron chi connectivity index (χ3n) is 4.93. The van der Waals surface area contributed by atoms with E-state index >= 15 is 0 Å². The van der Waals surface area contributed by atoms with Crippen molar-refractivity contribution in [2.75, 3.05) is 27.2 Å². The van der Waals surface area contributed by atoms with Crippen LogP contribution in [0.3, 0.4) is 0 Å². The second-order valence-electron chi connectivity index (χ2n) is 8.14. The Labute approximate surface area is 186 Å². The van der Waals surface area contributed by atoms with Crippen molar-refractivity contribution in [2.24, 2.45) is 10.4 Å². The Morgan fingerprint density at radius 1 is 1.29 bits per heavy atom. The van der Waals surface area contributed by atoms with Crippen molar-refractivity contribution in [1.29, 1.82) is 0 Å². The third kappa shape index (κ3) is 7.58. The summed E-state index contributed by atoms with van der Waals surface area (Å²) in [6.07, 6.45) is 1.75.